The molecule has 2 unspecified atom stereocenters. The van der Waals surface area contributed by atoms with Crippen LogP contribution in [-0.2, 0) is 9.59 Å². The summed E-state index contributed by atoms with van der Waals surface area (Å²) < 4.78 is 0. The number of hydrogen-bond donors (Lipinski definition) is 6. The predicted octanol–water partition coefficient (Wildman–Crippen LogP) is 5.00. The van der Waals surface area contributed by atoms with Gasteiger partial charge in [-0.3, -0.25) is 9.59 Å². The fourth-order valence-corrected chi connectivity index (χ4v) is 8.38. The number of aliphatic hydroxyl groups is 1. The number of para-hydroxylation sites is 1. The fourth-order valence-electron chi connectivity index (χ4n) is 8.38. The summed E-state index contributed by atoms with van der Waals surface area (Å²) in [6.07, 6.45) is 11.7. The Kier molecular flexibility index (Phi) is 9.21. The first-order valence-corrected chi connectivity index (χ1v) is 16.3. The first kappa shape index (κ1) is 30.2. The molecule has 0 spiro atoms. The average molecular weight is 600 g/mol. The summed E-state index contributed by atoms with van der Waals surface area (Å²) in [5, 5.41) is 23.3. The quantitative estimate of drug-likeness (QED) is 0.154. The molecule has 44 heavy (non-hydrogen) atoms. The topological polar surface area (TPSA) is 135 Å². The molecule has 9 heteroatoms. The Balaban J connectivity index is 0.955. The molecule has 7 rings (SSSR count). The highest BCUT2D eigenvalue weighted by molar-refractivity contribution is 5.90. The maximum atomic E-state index is 13.5. The number of benzene rings is 2. The second kappa shape index (κ2) is 13.4. The van der Waals surface area contributed by atoms with Crippen molar-refractivity contribution in [2.24, 2.45) is 17.8 Å². The van der Waals surface area contributed by atoms with Gasteiger partial charge in [0.15, 0.2) is 0 Å². The van der Waals surface area contributed by atoms with Crippen molar-refractivity contribution in [2.75, 3.05) is 13.2 Å². The Labute approximate surface area is 259 Å². The fraction of sp³-hybridized carbons (Fsp3) is 0.514. The Morgan fingerprint density at radius 1 is 0.864 bits per heavy atom. The number of aliphatic hydroxyl groups excluding tert-OH is 1. The van der Waals surface area contributed by atoms with Gasteiger partial charge in [0, 0.05) is 41.2 Å². The van der Waals surface area contributed by atoms with Gasteiger partial charge in [-0.25, -0.2) is 4.79 Å². The van der Waals surface area contributed by atoms with E-state index in [2.05, 4.69) is 26.3 Å². The molecule has 0 saturated heterocycles. The van der Waals surface area contributed by atoms with Crippen LogP contribution in [0.15, 0.2) is 60.8 Å². The van der Waals surface area contributed by atoms with E-state index in [4.69, 9.17) is 0 Å². The van der Waals surface area contributed by atoms with Gasteiger partial charge in [-0.2, -0.15) is 0 Å². The molecule has 3 aromatic rings. The van der Waals surface area contributed by atoms with E-state index in [9.17, 15) is 19.5 Å². The number of fused-ring (bicyclic) bond motifs is 1. The number of hydrogen-bond acceptors (Lipinski definition) is 4. The maximum Gasteiger partial charge on any atom is 0.315 e. The minimum Gasteiger partial charge on any atom is -0.394 e. The van der Waals surface area contributed by atoms with Crippen LogP contribution >= 0.6 is 0 Å². The van der Waals surface area contributed by atoms with Crippen LogP contribution in [-0.4, -0.2) is 46.6 Å². The van der Waals surface area contributed by atoms with Crippen LogP contribution in [0.4, 0.5) is 4.79 Å². The third-order valence-corrected chi connectivity index (χ3v) is 9.98. The molecule has 0 radical (unpaired) electrons. The van der Waals surface area contributed by atoms with Crippen LogP contribution < -0.4 is 21.3 Å². The number of aromatic amines is 1. The number of rotatable bonds is 13. The van der Waals surface area contributed by atoms with E-state index >= 15 is 0 Å². The number of carbonyl (C=O) groups is 3. The highest BCUT2D eigenvalue weighted by Crippen LogP contribution is 2.55. The zero-order chi connectivity index (χ0) is 30.5. The van der Waals surface area contributed by atoms with Gasteiger partial charge in [0.25, 0.3) is 0 Å². The summed E-state index contributed by atoms with van der Waals surface area (Å²) in [4.78, 5) is 42.3. The Bertz CT molecular complexity index is 1420. The van der Waals surface area contributed by atoms with Crippen molar-refractivity contribution in [3.05, 3.63) is 71.9 Å². The van der Waals surface area contributed by atoms with Crippen molar-refractivity contribution in [1.29, 1.82) is 0 Å². The van der Waals surface area contributed by atoms with Crippen LogP contribution in [0.25, 0.3) is 10.9 Å². The molecule has 4 aliphatic rings. The lowest BCUT2D eigenvalue weighted by atomic mass is 9.53. The summed E-state index contributed by atoms with van der Waals surface area (Å²) >= 11 is 0. The van der Waals surface area contributed by atoms with Crippen molar-refractivity contribution in [1.82, 2.24) is 26.3 Å². The molecule has 1 heterocycles. The van der Waals surface area contributed by atoms with Crippen molar-refractivity contribution in [3.8, 4) is 0 Å². The third-order valence-electron chi connectivity index (χ3n) is 9.98. The van der Waals surface area contributed by atoms with E-state index in [1.54, 1.807) is 6.20 Å². The van der Waals surface area contributed by atoms with E-state index in [1.165, 1.54) is 19.3 Å². The average Bonchev–Trinajstić information content (AvgIpc) is 3.44. The number of unbranched alkanes of at least 4 members (excludes halogenated alkanes) is 2. The van der Waals surface area contributed by atoms with E-state index in [0.717, 1.165) is 66.3 Å². The molecule has 4 saturated carbocycles. The summed E-state index contributed by atoms with van der Waals surface area (Å²) in [5.41, 5.74) is 2.38. The standard InChI is InChI=1S/C35H45N5O4/c41-22-30(28-21-37-29-12-7-6-11-27(28)29)38-33(43)32(26-9-3-1-4-10-26)39-31(42)13-5-2-8-14-36-34(44)40-35-18-23-15-24(19-35)17-25(16-23)20-35/h1,3-4,6-7,9-12,21,23-25,30,32,37,41H,2,5,8,13-20,22H2,(H,38,43)(H,39,42)(H2,36,40,44). The molecule has 0 aliphatic heterocycles. The molecule has 2 aromatic carbocycles. The first-order valence-electron chi connectivity index (χ1n) is 16.3. The maximum absolute atomic E-state index is 13.5. The van der Waals surface area contributed by atoms with Gasteiger partial charge in [0.1, 0.15) is 6.04 Å². The smallest absolute Gasteiger partial charge is 0.315 e. The zero-order valence-corrected chi connectivity index (χ0v) is 25.3. The number of urea groups is 1. The van der Waals surface area contributed by atoms with Crippen molar-refractivity contribution in [3.63, 3.8) is 0 Å². The molecule has 4 amide bonds. The van der Waals surface area contributed by atoms with Gasteiger partial charge in [-0.05, 0) is 80.8 Å². The normalized spacial score (nSPS) is 24.9. The van der Waals surface area contributed by atoms with Crippen molar-refractivity contribution >= 4 is 28.7 Å². The van der Waals surface area contributed by atoms with Gasteiger partial charge in [0.2, 0.25) is 11.8 Å². The van der Waals surface area contributed by atoms with Crippen LogP contribution in [0.5, 0.6) is 0 Å². The van der Waals surface area contributed by atoms with Crippen molar-refractivity contribution in [2.45, 2.75) is 81.8 Å². The largest absolute Gasteiger partial charge is 0.394 e. The molecular weight excluding hydrogens is 554 g/mol. The van der Waals surface area contributed by atoms with Crippen LogP contribution in [0, 0.1) is 17.8 Å². The second-order valence-electron chi connectivity index (χ2n) is 13.3. The lowest BCUT2D eigenvalue weighted by molar-refractivity contribution is -0.129. The molecule has 4 aliphatic carbocycles. The Morgan fingerprint density at radius 2 is 1.55 bits per heavy atom. The summed E-state index contributed by atoms with van der Waals surface area (Å²) in [6.45, 7) is 0.295. The summed E-state index contributed by atoms with van der Waals surface area (Å²) in [5.74, 6) is 1.76. The number of H-pyrrole nitrogens is 1. The number of amides is 4. The summed E-state index contributed by atoms with van der Waals surface area (Å²) in [6, 6.07) is 15.3. The van der Waals surface area contributed by atoms with E-state index in [-0.39, 0.29) is 36.4 Å². The Hall–Kier alpha value is -3.85. The lowest BCUT2D eigenvalue weighted by Gasteiger charge is -2.56. The van der Waals surface area contributed by atoms with E-state index in [0.29, 0.717) is 18.5 Å². The van der Waals surface area contributed by atoms with Crippen LogP contribution in [0.3, 0.4) is 0 Å². The van der Waals surface area contributed by atoms with Gasteiger partial charge >= 0.3 is 6.03 Å². The molecule has 9 nitrogen and oxygen atoms in total. The summed E-state index contributed by atoms with van der Waals surface area (Å²) in [7, 11) is 0. The van der Waals surface area contributed by atoms with Gasteiger partial charge < -0.3 is 31.4 Å². The van der Waals surface area contributed by atoms with Crippen LogP contribution in [0.1, 0.15) is 87.4 Å². The third kappa shape index (κ3) is 6.93. The Morgan fingerprint density at radius 3 is 2.25 bits per heavy atom. The predicted molar refractivity (Wildman–Crippen MR) is 169 cm³/mol. The number of aromatic nitrogens is 1. The molecule has 2 atom stereocenters. The highest BCUT2D eigenvalue weighted by Gasteiger charge is 2.51. The van der Waals surface area contributed by atoms with Crippen LogP contribution in [0.2, 0.25) is 0 Å². The molecular formula is C35H45N5O4. The molecule has 1 aromatic heterocycles. The number of nitrogens with one attached hydrogen (secondary N) is 5. The zero-order valence-electron chi connectivity index (χ0n) is 25.3. The van der Waals surface area contributed by atoms with Gasteiger partial charge in [0.05, 0.1) is 12.6 Å². The minimum absolute atomic E-state index is 0.00508. The monoisotopic (exact) mass is 599 g/mol. The minimum atomic E-state index is -0.891. The second-order valence-corrected chi connectivity index (χ2v) is 13.3. The van der Waals surface area contributed by atoms with Gasteiger partial charge in [-0.15, -0.1) is 0 Å². The molecule has 6 N–H and O–H groups in total. The highest BCUT2D eigenvalue weighted by atomic mass is 16.3. The van der Waals surface area contributed by atoms with E-state index in [1.807, 2.05) is 54.6 Å². The lowest BCUT2D eigenvalue weighted by Crippen LogP contribution is -2.61. The number of carbonyl (C=O) groups excluding carboxylic acids is 3. The van der Waals surface area contributed by atoms with E-state index < -0.39 is 12.1 Å². The van der Waals surface area contributed by atoms with Gasteiger partial charge in [-0.1, -0.05) is 55.0 Å². The van der Waals surface area contributed by atoms with Crippen molar-refractivity contribution < 1.29 is 19.5 Å². The molecule has 4 fully saturated rings. The molecule has 4 bridgehead atoms. The molecule has 234 valence electrons. The first-order chi connectivity index (χ1) is 21.4. The SMILES string of the molecule is O=C(CCCCCNC(=O)NC12CC3CC(CC(C3)C1)C2)NC(C(=O)NC(CO)c1c[nH]c2ccccc12)c1ccccc1.